The molecule has 9 atom stereocenters. The molecule has 3 aliphatic heterocycles. The normalized spacial score (nSPS) is 34.5. The summed E-state index contributed by atoms with van der Waals surface area (Å²) in [4.78, 5) is 66.2. The number of carbonyl (C=O) groups is 5. The van der Waals surface area contributed by atoms with Crippen molar-refractivity contribution in [2.24, 2.45) is 23.7 Å². The van der Waals surface area contributed by atoms with Gasteiger partial charge in [0, 0.05) is 61.8 Å². The van der Waals surface area contributed by atoms with E-state index in [2.05, 4.69) is 5.32 Å². The van der Waals surface area contributed by atoms with Gasteiger partial charge >= 0.3 is 11.8 Å². The molecule has 0 spiro atoms. The van der Waals surface area contributed by atoms with Crippen molar-refractivity contribution < 1.29 is 58.2 Å². The summed E-state index contributed by atoms with van der Waals surface area (Å²) >= 11 is 0. The third-order valence-corrected chi connectivity index (χ3v) is 9.80. The number of ether oxygens (including phenoxy) is 4. The monoisotopic (exact) mass is 695 g/mol. The largest absolute Gasteiger partial charge is 0.507 e. The molecule has 4 N–H and O–H groups in total. The lowest BCUT2D eigenvalue weighted by Gasteiger charge is -2.38. The fourth-order valence-corrected chi connectivity index (χ4v) is 6.62. The Labute approximate surface area is 290 Å². The van der Waals surface area contributed by atoms with Gasteiger partial charge in [-0.1, -0.05) is 45.9 Å². The molecular formula is C37H45NO12. The molecule has 0 aromatic heterocycles. The molecular weight excluding hydrogens is 650 g/mol. The second-order valence-corrected chi connectivity index (χ2v) is 13.4. The van der Waals surface area contributed by atoms with Gasteiger partial charge in [-0.2, -0.15) is 0 Å². The number of phenols is 1. The molecule has 270 valence electrons. The summed E-state index contributed by atoms with van der Waals surface area (Å²) in [7, 11) is 1.42. The summed E-state index contributed by atoms with van der Waals surface area (Å²) in [5.74, 6) is -8.99. The first-order valence-electron chi connectivity index (χ1n) is 16.4. The zero-order valence-corrected chi connectivity index (χ0v) is 29.6. The first-order valence-corrected chi connectivity index (χ1v) is 16.4. The van der Waals surface area contributed by atoms with Gasteiger partial charge in [0.25, 0.3) is 11.7 Å². The third-order valence-electron chi connectivity index (χ3n) is 9.80. The zero-order chi connectivity index (χ0) is 37.4. The van der Waals surface area contributed by atoms with Crippen molar-refractivity contribution >= 4 is 29.2 Å². The number of rotatable bonds is 2. The van der Waals surface area contributed by atoms with Gasteiger partial charge in [-0.3, -0.25) is 24.0 Å². The van der Waals surface area contributed by atoms with Crippen molar-refractivity contribution in [3.63, 3.8) is 0 Å². The molecule has 1 aromatic rings. The molecule has 5 rings (SSSR count). The van der Waals surface area contributed by atoms with E-state index in [-0.39, 0.29) is 28.0 Å². The van der Waals surface area contributed by atoms with Crippen molar-refractivity contribution in [1.29, 1.82) is 0 Å². The van der Waals surface area contributed by atoms with Crippen molar-refractivity contribution in [2.45, 2.75) is 85.6 Å². The molecule has 5 bridgehead atoms. The molecule has 0 saturated heterocycles. The topological polar surface area (TPSA) is 195 Å². The summed E-state index contributed by atoms with van der Waals surface area (Å²) in [6.07, 6.45) is 4.31. The van der Waals surface area contributed by atoms with E-state index >= 15 is 0 Å². The summed E-state index contributed by atoms with van der Waals surface area (Å²) in [6, 6.07) is 0. The van der Waals surface area contributed by atoms with Gasteiger partial charge in [0.05, 0.1) is 47.0 Å². The van der Waals surface area contributed by atoms with Gasteiger partial charge in [0.1, 0.15) is 17.6 Å². The average molecular weight is 696 g/mol. The van der Waals surface area contributed by atoms with Crippen LogP contribution < -0.4 is 10.1 Å². The lowest BCUT2D eigenvalue weighted by molar-refractivity contribution is -0.160. The van der Waals surface area contributed by atoms with Crippen LogP contribution in [0.4, 0.5) is 0 Å². The van der Waals surface area contributed by atoms with Crippen LogP contribution in [-0.4, -0.2) is 81.9 Å². The molecule has 1 amide bonds. The van der Waals surface area contributed by atoms with E-state index in [1.807, 2.05) is 0 Å². The quantitative estimate of drug-likeness (QED) is 0.329. The molecule has 50 heavy (non-hydrogen) atoms. The van der Waals surface area contributed by atoms with Gasteiger partial charge in [-0.15, -0.1) is 0 Å². The van der Waals surface area contributed by atoms with Crippen LogP contribution >= 0.6 is 0 Å². The van der Waals surface area contributed by atoms with Crippen LogP contribution in [0.1, 0.15) is 85.1 Å². The number of Topliss-reactive ketones (excluding diaryl/α,β-unsaturated/α-hetero) is 2. The van der Waals surface area contributed by atoms with E-state index in [9.17, 15) is 39.3 Å². The molecule has 1 aromatic carbocycles. The Kier molecular flexibility index (Phi) is 11.2. The molecule has 3 heterocycles. The lowest BCUT2D eigenvalue weighted by atomic mass is 9.78. The summed E-state index contributed by atoms with van der Waals surface area (Å²) in [6.45, 7) is 12.3. The maximum absolute atomic E-state index is 13.9. The van der Waals surface area contributed by atoms with Gasteiger partial charge < -0.3 is 39.6 Å². The number of allylic oxidation sites excluding steroid dienone is 4. The van der Waals surface area contributed by atoms with E-state index in [0.29, 0.717) is 0 Å². The van der Waals surface area contributed by atoms with Gasteiger partial charge in [0.15, 0.2) is 5.78 Å². The average Bonchev–Trinajstić information content (AvgIpc) is 3.33. The highest BCUT2D eigenvalue weighted by Gasteiger charge is 2.51. The van der Waals surface area contributed by atoms with E-state index in [4.69, 9.17) is 18.9 Å². The van der Waals surface area contributed by atoms with Crippen LogP contribution in [0.15, 0.2) is 47.9 Å². The maximum atomic E-state index is 13.9. The van der Waals surface area contributed by atoms with Gasteiger partial charge in [-0.25, -0.2) is 0 Å². The van der Waals surface area contributed by atoms with E-state index < -0.39 is 100 Å². The minimum atomic E-state index is -2.03. The number of benzene rings is 1. The number of nitrogens with one attached hydrogen (secondary N) is 1. The number of amides is 1. The third kappa shape index (κ3) is 7.03. The van der Waals surface area contributed by atoms with Crippen LogP contribution in [0.2, 0.25) is 0 Å². The molecule has 4 aliphatic rings. The van der Waals surface area contributed by atoms with Crippen LogP contribution in [-0.2, 0) is 23.8 Å². The predicted molar refractivity (Wildman–Crippen MR) is 179 cm³/mol. The Morgan fingerprint density at radius 2 is 1.60 bits per heavy atom. The van der Waals surface area contributed by atoms with Crippen LogP contribution in [0, 0.1) is 30.6 Å². The smallest absolute Gasteiger partial charge is 0.312 e. The fourth-order valence-electron chi connectivity index (χ4n) is 6.62. The van der Waals surface area contributed by atoms with Gasteiger partial charge in [0.2, 0.25) is 5.78 Å². The molecule has 0 radical (unpaired) electrons. The number of phenolic OH excluding ortho intramolecular Hbond substituents is 1. The fraction of sp³-hybridized carbons (Fsp3) is 0.486. The first kappa shape index (κ1) is 38.2. The summed E-state index contributed by atoms with van der Waals surface area (Å²) in [5, 5.41) is 36.1. The maximum Gasteiger partial charge on any atom is 0.312 e. The molecule has 1 aliphatic carbocycles. The molecule has 1 unspecified atom stereocenters. The number of fused-ring (bicyclic) bond motifs is 14. The second-order valence-electron chi connectivity index (χ2n) is 13.4. The number of esters is 1. The molecule has 13 heteroatoms. The van der Waals surface area contributed by atoms with Crippen LogP contribution in [0.3, 0.4) is 0 Å². The van der Waals surface area contributed by atoms with E-state index in [1.165, 1.54) is 47.0 Å². The predicted octanol–water partition coefficient (Wildman–Crippen LogP) is 3.63. The number of hydrogen-bond acceptors (Lipinski definition) is 12. The number of aliphatic hydroxyl groups is 2. The molecule has 0 saturated carbocycles. The van der Waals surface area contributed by atoms with Gasteiger partial charge in [-0.05, 0) is 19.9 Å². The Morgan fingerprint density at radius 1 is 0.940 bits per heavy atom. The van der Waals surface area contributed by atoms with Crippen molar-refractivity contribution in [2.75, 3.05) is 7.11 Å². The van der Waals surface area contributed by atoms with Crippen molar-refractivity contribution in [3.8, 4) is 11.5 Å². The van der Waals surface area contributed by atoms with Crippen molar-refractivity contribution in [3.05, 3.63) is 70.2 Å². The van der Waals surface area contributed by atoms with E-state index in [0.717, 1.165) is 12.3 Å². The van der Waals surface area contributed by atoms with Crippen LogP contribution in [0.5, 0.6) is 11.5 Å². The second kappa shape index (κ2) is 14.7. The molecule has 0 fully saturated rings. The molecule has 13 nitrogen and oxygen atoms in total. The number of ketones is 3. The number of aromatic hydroxyl groups is 1. The minimum absolute atomic E-state index is 0.00885. The Morgan fingerprint density at radius 3 is 2.22 bits per heavy atom. The highest BCUT2D eigenvalue weighted by Crippen LogP contribution is 2.47. The summed E-state index contributed by atoms with van der Waals surface area (Å²) in [5.41, 5.74) is -1.31. The minimum Gasteiger partial charge on any atom is -0.507 e. The number of aliphatic hydroxyl groups excluding tert-OH is 2. The SMILES string of the molecule is CO[C@H]1/C=C/O[C@@]2(C)Oc3c(C)c(O)c4c(c3C2=O)C(=O)C=C(NC(=O)/C(C)=C\C=C\[C@H](C)C(O)[C@@H](C)[C@@H](O)[C@@H](C)[C@H](OC(C)=O)[C@@H]1C)C4=O. The Bertz CT molecular complexity index is 1720. The number of methoxy groups -OCH3 is 1. The van der Waals surface area contributed by atoms with E-state index in [1.54, 1.807) is 39.8 Å². The summed E-state index contributed by atoms with van der Waals surface area (Å²) < 4.78 is 23.1. The Balaban J connectivity index is 1.83. The Hall–Kier alpha value is -4.59. The first-order chi connectivity index (χ1) is 23.4. The number of carbonyl (C=O) groups excluding carboxylic acids is 5. The number of hydrogen-bond donors (Lipinski definition) is 4. The highest BCUT2D eigenvalue weighted by atomic mass is 16.7. The standard InChI is InChI=1S/C37H45NO12/c1-16-11-10-12-17(2)36(46)38-23-15-24(40)26-27(32(23)44)31(43)21(6)34-28(26)35(45)37(8,50-34)48-14-13-25(47-9)18(3)33(49-22(7)39)20(5)30(42)19(4)29(16)41/h10-16,18-20,25,29-30,33,41-43H,1-9H3,(H,38,46)/b11-10+,14-13+,17-12-/t16-,18+,19+,20+,25-,29?,30+,33+,37-/m0/s1. The lowest BCUT2D eigenvalue weighted by Crippen LogP contribution is -2.46. The highest BCUT2D eigenvalue weighted by molar-refractivity contribution is 6.30. The zero-order valence-electron chi connectivity index (χ0n) is 29.6. The van der Waals surface area contributed by atoms with Crippen LogP contribution in [0.25, 0.3) is 0 Å². The van der Waals surface area contributed by atoms with Crippen molar-refractivity contribution in [1.82, 2.24) is 5.32 Å².